The van der Waals surface area contributed by atoms with Gasteiger partial charge in [-0.15, -0.1) is 0 Å². The third kappa shape index (κ3) is 3.56. The zero-order valence-electron chi connectivity index (χ0n) is 11.6. The molecule has 21 heavy (non-hydrogen) atoms. The van der Waals surface area contributed by atoms with Gasteiger partial charge in [0, 0.05) is 0 Å². The molecule has 0 spiro atoms. The first-order valence-corrected chi connectivity index (χ1v) is 6.98. The van der Waals surface area contributed by atoms with Crippen LogP contribution >= 0.6 is 0 Å². The fraction of sp³-hybridized carbons (Fsp3) is 0.105. The number of hydrogen-bond donors (Lipinski definition) is 0. The Balaban J connectivity index is 1.54. The minimum absolute atomic E-state index is 0.0153. The monoisotopic (exact) mass is 276 g/mol. The van der Waals surface area contributed by atoms with Crippen molar-refractivity contribution in [2.75, 3.05) is 0 Å². The number of allylic oxidation sites excluding steroid dienone is 2. The van der Waals surface area contributed by atoms with Crippen LogP contribution in [-0.2, 0) is 9.53 Å². The van der Waals surface area contributed by atoms with E-state index in [1.807, 2.05) is 72.8 Å². The summed E-state index contributed by atoms with van der Waals surface area (Å²) in [5.74, 6) is 0.0153. The summed E-state index contributed by atoms with van der Waals surface area (Å²) >= 11 is 0. The maximum absolute atomic E-state index is 12.0. The second-order valence-corrected chi connectivity index (χ2v) is 4.92. The van der Waals surface area contributed by atoms with Gasteiger partial charge in [-0.25, -0.2) is 0 Å². The van der Waals surface area contributed by atoms with Gasteiger partial charge in [0.15, 0.2) is 11.9 Å². The molecule has 2 aromatic carbocycles. The molecule has 0 aliphatic carbocycles. The van der Waals surface area contributed by atoms with E-state index in [2.05, 4.69) is 0 Å². The van der Waals surface area contributed by atoms with Gasteiger partial charge in [0.1, 0.15) is 6.10 Å². The molecule has 2 unspecified atom stereocenters. The Morgan fingerprint density at radius 3 is 2.29 bits per heavy atom. The van der Waals surface area contributed by atoms with Crippen LogP contribution in [0.1, 0.15) is 17.2 Å². The van der Waals surface area contributed by atoms with Crippen molar-refractivity contribution in [3.63, 3.8) is 0 Å². The summed E-state index contributed by atoms with van der Waals surface area (Å²) in [6.07, 6.45) is 6.76. The molecule has 3 rings (SSSR count). The molecule has 1 aliphatic rings. The second kappa shape index (κ2) is 6.33. The molecule has 104 valence electrons. The maximum atomic E-state index is 12.0. The van der Waals surface area contributed by atoms with E-state index in [9.17, 15) is 4.79 Å². The quantitative estimate of drug-likeness (QED) is 0.470. The normalized spacial score (nSPS) is 21.0. The predicted octanol–water partition coefficient (Wildman–Crippen LogP) is 3.97. The molecule has 2 aromatic rings. The number of ether oxygens (including phenoxy) is 1. The standard InChI is InChI=1S/C19H16O2/c20-17(14-8-7-11-15-9-3-1-4-10-15)19-18(21-19)16-12-5-2-6-13-16/h1-14,18-19H. The van der Waals surface area contributed by atoms with Crippen LogP contribution in [0.15, 0.2) is 78.9 Å². The van der Waals surface area contributed by atoms with Gasteiger partial charge in [-0.3, -0.25) is 4.79 Å². The number of ketones is 1. The molecule has 2 nitrogen and oxygen atoms in total. The van der Waals surface area contributed by atoms with E-state index >= 15 is 0 Å². The number of benzene rings is 2. The van der Waals surface area contributed by atoms with Crippen LogP contribution in [0.4, 0.5) is 0 Å². The number of rotatable bonds is 5. The summed E-state index contributed by atoms with van der Waals surface area (Å²) in [5, 5.41) is 0. The van der Waals surface area contributed by atoms with Crippen LogP contribution in [0.25, 0.3) is 6.08 Å². The fourth-order valence-corrected chi connectivity index (χ4v) is 2.20. The lowest BCUT2D eigenvalue weighted by atomic mass is 10.1. The highest BCUT2D eigenvalue weighted by atomic mass is 16.6. The molecule has 1 aliphatic heterocycles. The van der Waals surface area contributed by atoms with Gasteiger partial charge in [0.2, 0.25) is 0 Å². The molecule has 2 heteroatoms. The number of carbonyl (C=O) groups is 1. The van der Waals surface area contributed by atoms with E-state index < -0.39 is 0 Å². The lowest BCUT2D eigenvalue weighted by Gasteiger charge is -1.92. The highest BCUT2D eigenvalue weighted by Crippen LogP contribution is 2.39. The van der Waals surface area contributed by atoms with E-state index in [1.54, 1.807) is 12.2 Å². The summed E-state index contributed by atoms with van der Waals surface area (Å²) in [6.45, 7) is 0. The Hall–Kier alpha value is -2.45. The van der Waals surface area contributed by atoms with Crippen molar-refractivity contribution >= 4 is 11.9 Å². The van der Waals surface area contributed by atoms with Crippen LogP contribution in [0.2, 0.25) is 0 Å². The first-order valence-electron chi connectivity index (χ1n) is 6.98. The van der Waals surface area contributed by atoms with E-state index in [0.717, 1.165) is 11.1 Å². The molecular formula is C19H16O2. The van der Waals surface area contributed by atoms with E-state index in [4.69, 9.17) is 4.74 Å². The molecule has 1 saturated heterocycles. The van der Waals surface area contributed by atoms with Crippen LogP contribution in [-0.4, -0.2) is 11.9 Å². The Labute approximate surface area is 124 Å². The van der Waals surface area contributed by atoms with Crippen LogP contribution in [0, 0.1) is 0 Å². The molecule has 0 amide bonds. The van der Waals surface area contributed by atoms with Gasteiger partial charge >= 0.3 is 0 Å². The Kier molecular flexibility index (Phi) is 4.08. The summed E-state index contributed by atoms with van der Waals surface area (Å²) in [6, 6.07) is 19.8. The molecule has 1 fully saturated rings. The van der Waals surface area contributed by atoms with Crippen LogP contribution < -0.4 is 0 Å². The number of epoxide rings is 1. The molecule has 0 bridgehead atoms. The van der Waals surface area contributed by atoms with Crippen molar-refractivity contribution in [1.82, 2.24) is 0 Å². The lowest BCUT2D eigenvalue weighted by molar-refractivity contribution is -0.115. The van der Waals surface area contributed by atoms with Gasteiger partial charge in [0.05, 0.1) is 0 Å². The topological polar surface area (TPSA) is 29.6 Å². The minimum Gasteiger partial charge on any atom is -0.356 e. The maximum Gasteiger partial charge on any atom is 0.187 e. The highest BCUT2D eigenvalue weighted by molar-refractivity contribution is 5.96. The predicted molar refractivity (Wildman–Crippen MR) is 83.7 cm³/mol. The van der Waals surface area contributed by atoms with Gasteiger partial charge in [-0.1, -0.05) is 78.9 Å². The van der Waals surface area contributed by atoms with Crippen molar-refractivity contribution in [1.29, 1.82) is 0 Å². The largest absolute Gasteiger partial charge is 0.356 e. The molecule has 0 aromatic heterocycles. The van der Waals surface area contributed by atoms with Gasteiger partial charge in [-0.05, 0) is 17.2 Å². The van der Waals surface area contributed by atoms with Gasteiger partial charge in [0.25, 0.3) is 0 Å². The molecule has 0 saturated carbocycles. The fourth-order valence-electron chi connectivity index (χ4n) is 2.20. The van der Waals surface area contributed by atoms with Gasteiger partial charge < -0.3 is 4.74 Å². The van der Waals surface area contributed by atoms with Crippen molar-refractivity contribution in [3.05, 3.63) is 90.0 Å². The Bertz CT molecular complexity index is 656. The van der Waals surface area contributed by atoms with Gasteiger partial charge in [-0.2, -0.15) is 0 Å². The van der Waals surface area contributed by atoms with E-state index in [1.165, 1.54) is 0 Å². The first kappa shape index (κ1) is 13.5. The van der Waals surface area contributed by atoms with Crippen molar-refractivity contribution < 1.29 is 9.53 Å². The summed E-state index contributed by atoms with van der Waals surface area (Å²) in [7, 11) is 0. The summed E-state index contributed by atoms with van der Waals surface area (Å²) in [5.41, 5.74) is 2.17. The van der Waals surface area contributed by atoms with E-state index in [0.29, 0.717) is 0 Å². The van der Waals surface area contributed by atoms with Crippen molar-refractivity contribution in [2.45, 2.75) is 12.2 Å². The highest BCUT2D eigenvalue weighted by Gasteiger charge is 2.44. The van der Waals surface area contributed by atoms with Crippen LogP contribution in [0.5, 0.6) is 0 Å². The summed E-state index contributed by atoms with van der Waals surface area (Å²) in [4.78, 5) is 12.0. The smallest absolute Gasteiger partial charge is 0.187 e. The second-order valence-electron chi connectivity index (χ2n) is 4.92. The third-order valence-electron chi connectivity index (χ3n) is 3.36. The zero-order valence-corrected chi connectivity index (χ0v) is 11.6. The Morgan fingerprint density at radius 2 is 1.57 bits per heavy atom. The number of hydrogen-bond acceptors (Lipinski definition) is 2. The third-order valence-corrected chi connectivity index (χ3v) is 3.36. The average molecular weight is 276 g/mol. The molecular weight excluding hydrogens is 260 g/mol. The first-order chi connectivity index (χ1) is 10.3. The van der Waals surface area contributed by atoms with Crippen LogP contribution in [0.3, 0.4) is 0 Å². The Morgan fingerprint density at radius 1 is 0.905 bits per heavy atom. The lowest BCUT2D eigenvalue weighted by Crippen LogP contribution is -2.03. The minimum atomic E-state index is -0.325. The van der Waals surface area contributed by atoms with Crippen molar-refractivity contribution in [3.8, 4) is 0 Å². The van der Waals surface area contributed by atoms with Crippen molar-refractivity contribution in [2.24, 2.45) is 0 Å². The molecule has 1 heterocycles. The zero-order chi connectivity index (χ0) is 14.5. The summed E-state index contributed by atoms with van der Waals surface area (Å²) < 4.78 is 5.46. The van der Waals surface area contributed by atoms with E-state index in [-0.39, 0.29) is 18.0 Å². The SMILES string of the molecule is O=C(C=CC=Cc1ccccc1)C1OC1c1ccccc1. The molecule has 0 radical (unpaired) electrons. The molecule has 0 N–H and O–H groups in total. The molecule has 2 atom stereocenters. The average Bonchev–Trinajstić information content (AvgIpc) is 3.34. The number of carbonyl (C=O) groups excluding carboxylic acids is 1.